The van der Waals surface area contributed by atoms with Crippen LogP contribution in [0.4, 0.5) is 8.78 Å². The topological polar surface area (TPSA) is 20.3 Å². The van der Waals surface area contributed by atoms with Crippen LogP contribution in [0.1, 0.15) is 18.4 Å². The third kappa shape index (κ3) is 3.19. The van der Waals surface area contributed by atoms with Crippen molar-refractivity contribution in [2.75, 3.05) is 13.1 Å². The summed E-state index contributed by atoms with van der Waals surface area (Å²) in [6.45, 7) is 1.16. The molecule has 1 aromatic carbocycles. The second kappa shape index (κ2) is 5.65. The monoisotopic (exact) mass is 273 g/mol. The molecule has 0 aromatic heterocycles. The van der Waals surface area contributed by atoms with Gasteiger partial charge in [-0.15, -0.1) is 11.6 Å². The van der Waals surface area contributed by atoms with Crippen LogP contribution in [0.5, 0.6) is 0 Å². The molecule has 1 aliphatic rings. The first kappa shape index (κ1) is 13.3. The number of hydrogen-bond donors (Lipinski definition) is 0. The van der Waals surface area contributed by atoms with Gasteiger partial charge in [-0.25, -0.2) is 8.78 Å². The van der Waals surface area contributed by atoms with Crippen molar-refractivity contribution < 1.29 is 13.6 Å². The number of likely N-dealkylation sites (tertiary alicyclic amines) is 1. The van der Waals surface area contributed by atoms with Crippen LogP contribution in [0, 0.1) is 11.6 Å². The number of carbonyl (C=O) groups excluding carboxylic acids is 1. The maximum Gasteiger partial charge on any atom is 0.227 e. The summed E-state index contributed by atoms with van der Waals surface area (Å²) in [6, 6.07) is 3.26. The number of benzene rings is 1. The predicted octanol–water partition coefficient (Wildman–Crippen LogP) is 2.74. The molecule has 2 nitrogen and oxygen atoms in total. The average molecular weight is 274 g/mol. The Bertz CT molecular complexity index is 453. The van der Waals surface area contributed by atoms with Crippen molar-refractivity contribution in [3.8, 4) is 0 Å². The summed E-state index contributed by atoms with van der Waals surface area (Å²) >= 11 is 5.99. The van der Waals surface area contributed by atoms with Gasteiger partial charge < -0.3 is 4.90 Å². The summed E-state index contributed by atoms with van der Waals surface area (Å²) in [4.78, 5) is 13.6. The van der Waals surface area contributed by atoms with Gasteiger partial charge in [-0.2, -0.15) is 0 Å². The zero-order chi connectivity index (χ0) is 13.1. The molecule has 1 atom stereocenters. The molecule has 0 aliphatic carbocycles. The van der Waals surface area contributed by atoms with Crippen LogP contribution in [0.2, 0.25) is 0 Å². The Morgan fingerprint density at radius 3 is 2.89 bits per heavy atom. The molecule has 0 bridgehead atoms. The number of amides is 1. The van der Waals surface area contributed by atoms with E-state index >= 15 is 0 Å². The summed E-state index contributed by atoms with van der Waals surface area (Å²) in [7, 11) is 0. The molecule has 1 fully saturated rings. The van der Waals surface area contributed by atoms with Crippen molar-refractivity contribution in [3.05, 3.63) is 35.4 Å². The van der Waals surface area contributed by atoms with Crippen LogP contribution in [0.15, 0.2) is 18.2 Å². The Hall–Kier alpha value is -1.16. The maximum absolute atomic E-state index is 13.4. The van der Waals surface area contributed by atoms with Gasteiger partial charge in [0, 0.05) is 19.2 Å². The van der Waals surface area contributed by atoms with Crippen LogP contribution in [-0.4, -0.2) is 29.3 Å². The van der Waals surface area contributed by atoms with Crippen molar-refractivity contribution in [2.45, 2.75) is 24.6 Å². The SMILES string of the molecule is O=C(Cc1ccc(F)cc1F)N1CCCC(Cl)C1. The molecular formula is C13H14ClF2NO. The molecule has 98 valence electrons. The normalized spacial score (nSPS) is 19.9. The van der Waals surface area contributed by atoms with Crippen molar-refractivity contribution in [3.63, 3.8) is 0 Å². The Morgan fingerprint density at radius 1 is 1.44 bits per heavy atom. The number of nitrogens with zero attached hydrogens (tertiary/aromatic N) is 1. The smallest absolute Gasteiger partial charge is 0.227 e. The molecular weight excluding hydrogens is 260 g/mol. The molecule has 2 rings (SSSR count). The minimum absolute atomic E-state index is 0.0271. The second-order valence-corrected chi connectivity index (χ2v) is 5.11. The number of rotatable bonds is 2. The van der Waals surface area contributed by atoms with Gasteiger partial charge in [-0.05, 0) is 24.5 Å². The largest absolute Gasteiger partial charge is 0.341 e. The minimum atomic E-state index is -0.678. The van der Waals surface area contributed by atoms with Gasteiger partial charge in [0.25, 0.3) is 0 Å². The predicted molar refractivity (Wildman–Crippen MR) is 65.5 cm³/mol. The van der Waals surface area contributed by atoms with Crippen LogP contribution >= 0.6 is 11.6 Å². The van der Waals surface area contributed by atoms with E-state index in [-0.39, 0.29) is 23.3 Å². The second-order valence-electron chi connectivity index (χ2n) is 4.49. The van der Waals surface area contributed by atoms with Crippen molar-refractivity contribution in [1.29, 1.82) is 0 Å². The van der Waals surface area contributed by atoms with E-state index in [9.17, 15) is 13.6 Å². The highest BCUT2D eigenvalue weighted by Gasteiger charge is 2.22. The third-order valence-electron chi connectivity index (χ3n) is 3.07. The van der Waals surface area contributed by atoms with Crippen LogP contribution in [-0.2, 0) is 11.2 Å². The molecule has 0 N–H and O–H groups in total. The van der Waals surface area contributed by atoms with Gasteiger partial charge in [-0.1, -0.05) is 6.07 Å². The summed E-state index contributed by atoms with van der Waals surface area (Å²) in [5.41, 5.74) is 0.220. The summed E-state index contributed by atoms with van der Waals surface area (Å²) in [5, 5.41) is -0.0271. The Kier molecular flexibility index (Phi) is 4.17. The van der Waals surface area contributed by atoms with E-state index in [1.807, 2.05) is 0 Å². The molecule has 1 heterocycles. The molecule has 1 aliphatic heterocycles. The first-order valence-electron chi connectivity index (χ1n) is 5.92. The fraction of sp³-hybridized carbons (Fsp3) is 0.462. The number of piperidine rings is 1. The van der Waals surface area contributed by atoms with E-state index in [1.165, 1.54) is 6.07 Å². The van der Waals surface area contributed by atoms with Gasteiger partial charge >= 0.3 is 0 Å². The number of hydrogen-bond acceptors (Lipinski definition) is 1. The van der Waals surface area contributed by atoms with Crippen molar-refractivity contribution >= 4 is 17.5 Å². The molecule has 0 radical (unpaired) electrons. The lowest BCUT2D eigenvalue weighted by Gasteiger charge is -2.29. The van der Waals surface area contributed by atoms with E-state index in [0.717, 1.165) is 25.0 Å². The van der Waals surface area contributed by atoms with E-state index in [4.69, 9.17) is 11.6 Å². The highest BCUT2D eigenvalue weighted by Crippen LogP contribution is 2.17. The van der Waals surface area contributed by atoms with Gasteiger partial charge in [0.2, 0.25) is 5.91 Å². The standard InChI is InChI=1S/C13H14ClF2NO/c14-10-2-1-5-17(8-10)13(18)6-9-3-4-11(15)7-12(9)16/h3-4,7,10H,1-2,5-6,8H2. The third-order valence-corrected chi connectivity index (χ3v) is 3.43. The van der Waals surface area contributed by atoms with Crippen LogP contribution in [0.3, 0.4) is 0 Å². The number of alkyl halides is 1. The highest BCUT2D eigenvalue weighted by molar-refractivity contribution is 6.20. The van der Waals surface area contributed by atoms with Gasteiger partial charge in [0.1, 0.15) is 11.6 Å². The highest BCUT2D eigenvalue weighted by atomic mass is 35.5. The summed E-state index contributed by atoms with van der Waals surface area (Å²) in [6.07, 6.45) is 1.72. The maximum atomic E-state index is 13.4. The van der Waals surface area contributed by atoms with Gasteiger partial charge in [-0.3, -0.25) is 4.79 Å². The Labute approximate surface area is 110 Å². The lowest BCUT2D eigenvalue weighted by atomic mass is 10.1. The van der Waals surface area contributed by atoms with E-state index < -0.39 is 11.6 Å². The average Bonchev–Trinajstić information content (AvgIpc) is 2.32. The fourth-order valence-electron chi connectivity index (χ4n) is 2.09. The lowest BCUT2D eigenvalue weighted by molar-refractivity contribution is -0.131. The first-order chi connectivity index (χ1) is 8.56. The van der Waals surface area contributed by atoms with Crippen LogP contribution < -0.4 is 0 Å². The Morgan fingerprint density at radius 2 is 2.22 bits per heavy atom. The van der Waals surface area contributed by atoms with E-state index in [0.29, 0.717) is 13.1 Å². The quantitative estimate of drug-likeness (QED) is 0.759. The zero-order valence-corrected chi connectivity index (χ0v) is 10.6. The minimum Gasteiger partial charge on any atom is -0.341 e. The molecule has 1 saturated heterocycles. The lowest BCUT2D eigenvalue weighted by Crippen LogP contribution is -2.41. The van der Waals surface area contributed by atoms with Gasteiger partial charge in [0.05, 0.1) is 11.8 Å². The molecule has 1 aromatic rings. The van der Waals surface area contributed by atoms with Gasteiger partial charge in [0.15, 0.2) is 0 Å². The summed E-state index contributed by atoms with van der Waals surface area (Å²) < 4.78 is 26.2. The molecule has 0 saturated carbocycles. The molecule has 18 heavy (non-hydrogen) atoms. The molecule has 5 heteroatoms. The van der Waals surface area contributed by atoms with E-state index in [2.05, 4.69) is 0 Å². The molecule has 1 unspecified atom stereocenters. The van der Waals surface area contributed by atoms with Crippen molar-refractivity contribution in [2.24, 2.45) is 0 Å². The van der Waals surface area contributed by atoms with E-state index in [1.54, 1.807) is 4.90 Å². The molecule has 1 amide bonds. The summed E-state index contributed by atoms with van der Waals surface area (Å²) in [5.74, 6) is -1.48. The Balaban J connectivity index is 2.02. The zero-order valence-electron chi connectivity index (χ0n) is 9.83. The fourth-order valence-corrected chi connectivity index (χ4v) is 2.41. The number of carbonyl (C=O) groups is 1. The number of halogens is 3. The first-order valence-corrected chi connectivity index (χ1v) is 6.35. The molecule has 0 spiro atoms. The van der Waals surface area contributed by atoms with Crippen LogP contribution in [0.25, 0.3) is 0 Å². The van der Waals surface area contributed by atoms with Crippen molar-refractivity contribution in [1.82, 2.24) is 4.90 Å².